The molecular weight excluding hydrogens is 304 g/mol. The highest BCUT2D eigenvalue weighted by Crippen LogP contribution is 2.65. The van der Waals surface area contributed by atoms with Gasteiger partial charge in [-0.05, 0) is 64.2 Å². The summed E-state index contributed by atoms with van der Waals surface area (Å²) in [6.45, 7) is 12.2. The predicted octanol–water partition coefficient (Wildman–Crippen LogP) is 3.43. The number of allylic oxidation sites excluding steroid dienone is 2. The molecule has 6 atom stereocenters. The zero-order chi connectivity index (χ0) is 17.4. The van der Waals surface area contributed by atoms with E-state index in [4.69, 9.17) is 9.47 Å². The maximum atomic E-state index is 11.4. The number of ether oxygens (including phenoxy) is 2. The molecule has 134 valence electrons. The van der Waals surface area contributed by atoms with Crippen LogP contribution >= 0.6 is 0 Å². The first-order valence-electron chi connectivity index (χ1n) is 9.30. The summed E-state index contributed by atoms with van der Waals surface area (Å²) in [5, 5.41) is 22.8. The lowest BCUT2D eigenvalue weighted by atomic mass is 9.59. The molecule has 0 aromatic rings. The Hall–Kier alpha value is -0.680. The molecule has 24 heavy (non-hydrogen) atoms. The van der Waals surface area contributed by atoms with Crippen LogP contribution in [0.1, 0.15) is 65.2 Å². The SMILES string of the molecule is C=C(C)[C@@H]1CC[C@@]23CC[C@]4(CC[C@@H](C(=C)C)C[C@@]4(O)O2)O[C@]3(O)C1. The molecule has 0 aromatic carbocycles. The van der Waals surface area contributed by atoms with Gasteiger partial charge in [-0.3, -0.25) is 0 Å². The molecular formula is C20H30O4. The molecule has 0 aromatic heterocycles. The van der Waals surface area contributed by atoms with Crippen LogP contribution in [0.15, 0.2) is 24.3 Å². The first-order valence-corrected chi connectivity index (χ1v) is 9.30. The third-order valence-electron chi connectivity index (χ3n) is 7.32. The van der Waals surface area contributed by atoms with Crippen LogP contribution in [-0.2, 0) is 9.47 Å². The van der Waals surface area contributed by atoms with Crippen molar-refractivity contribution >= 4 is 0 Å². The van der Waals surface area contributed by atoms with E-state index >= 15 is 0 Å². The Balaban J connectivity index is 1.69. The molecule has 0 unspecified atom stereocenters. The molecule has 0 amide bonds. The van der Waals surface area contributed by atoms with Crippen molar-refractivity contribution in [3.05, 3.63) is 24.3 Å². The zero-order valence-electron chi connectivity index (χ0n) is 14.9. The third kappa shape index (κ3) is 2.00. The molecule has 3 heterocycles. The van der Waals surface area contributed by atoms with Gasteiger partial charge in [0.25, 0.3) is 0 Å². The summed E-state index contributed by atoms with van der Waals surface area (Å²) in [5.74, 6) is -2.12. The Morgan fingerprint density at radius 2 is 1.17 bits per heavy atom. The van der Waals surface area contributed by atoms with Gasteiger partial charge in [0.1, 0.15) is 11.2 Å². The van der Waals surface area contributed by atoms with Gasteiger partial charge in [-0.1, -0.05) is 24.3 Å². The topological polar surface area (TPSA) is 58.9 Å². The van der Waals surface area contributed by atoms with Crippen LogP contribution in [0.25, 0.3) is 0 Å². The second-order valence-corrected chi connectivity index (χ2v) is 8.83. The van der Waals surface area contributed by atoms with Crippen molar-refractivity contribution in [2.75, 3.05) is 0 Å². The quantitative estimate of drug-likeness (QED) is 0.760. The number of fused-ring (bicyclic) bond motifs is 1. The molecule has 2 bridgehead atoms. The average Bonchev–Trinajstić information content (AvgIpc) is 2.50. The third-order valence-corrected chi connectivity index (χ3v) is 7.32. The monoisotopic (exact) mass is 334 g/mol. The first-order chi connectivity index (χ1) is 11.1. The van der Waals surface area contributed by atoms with Crippen molar-refractivity contribution in [2.45, 2.75) is 88.0 Å². The molecule has 2 N–H and O–H groups in total. The molecule has 4 nitrogen and oxygen atoms in total. The minimum atomic E-state index is -1.31. The molecule has 2 aliphatic carbocycles. The Labute approximate surface area is 144 Å². The van der Waals surface area contributed by atoms with Gasteiger partial charge < -0.3 is 19.7 Å². The fraction of sp³-hybridized carbons (Fsp3) is 0.800. The minimum absolute atomic E-state index is 0.250. The van der Waals surface area contributed by atoms with Gasteiger partial charge >= 0.3 is 0 Å². The summed E-state index contributed by atoms with van der Waals surface area (Å²) < 4.78 is 12.8. The second kappa shape index (κ2) is 4.94. The van der Waals surface area contributed by atoms with E-state index in [0.29, 0.717) is 25.7 Å². The smallest absolute Gasteiger partial charge is 0.196 e. The van der Waals surface area contributed by atoms with Crippen LogP contribution < -0.4 is 0 Å². The lowest BCUT2D eigenvalue weighted by molar-refractivity contribution is -0.528. The van der Waals surface area contributed by atoms with E-state index in [-0.39, 0.29) is 11.8 Å². The van der Waals surface area contributed by atoms with Crippen LogP contribution in [0.5, 0.6) is 0 Å². The van der Waals surface area contributed by atoms with Crippen molar-refractivity contribution < 1.29 is 19.7 Å². The molecule has 5 fully saturated rings. The standard InChI is InChI=1S/C20H30O4/c1-13(2)15-5-7-17-9-10-18(23-19(17,21)11-15)8-6-16(14(3)4)12-20(18,22)24-17/h15-16,21-22H,1,3,5-12H2,2,4H3/t15-,16-,17+,18+,19-,20-/m1/s1. The fourth-order valence-corrected chi connectivity index (χ4v) is 5.61. The lowest BCUT2D eigenvalue weighted by Gasteiger charge is -2.70. The van der Waals surface area contributed by atoms with Gasteiger partial charge in [0.05, 0.1) is 0 Å². The molecule has 3 saturated heterocycles. The summed E-state index contributed by atoms with van der Waals surface area (Å²) >= 11 is 0. The van der Waals surface area contributed by atoms with E-state index in [1.807, 2.05) is 13.8 Å². The van der Waals surface area contributed by atoms with Gasteiger partial charge in [0, 0.05) is 12.8 Å². The van der Waals surface area contributed by atoms with E-state index in [1.165, 1.54) is 0 Å². The van der Waals surface area contributed by atoms with E-state index in [2.05, 4.69) is 13.2 Å². The minimum Gasteiger partial charge on any atom is -0.363 e. The molecule has 4 heteroatoms. The molecule has 2 saturated carbocycles. The molecule has 3 aliphatic heterocycles. The highest BCUT2D eigenvalue weighted by molar-refractivity contribution is 5.21. The Kier molecular flexibility index (Phi) is 3.45. The summed E-state index contributed by atoms with van der Waals surface area (Å²) in [4.78, 5) is 0. The van der Waals surface area contributed by atoms with E-state index in [9.17, 15) is 10.2 Å². The zero-order valence-corrected chi connectivity index (χ0v) is 14.9. The van der Waals surface area contributed by atoms with Gasteiger partial charge in [-0.2, -0.15) is 0 Å². The van der Waals surface area contributed by atoms with Crippen LogP contribution in [0.2, 0.25) is 0 Å². The molecule has 5 aliphatic rings. The van der Waals surface area contributed by atoms with E-state index < -0.39 is 22.8 Å². The van der Waals surface area contributed by atoms with Crippen molar-refractivity contribution in [3.63, 3.8) is 0 Å². The maximum Gasteiger partial charge on any atom is 0.196 e. The highest BCUT2D eigenvalue weighted by Gasteiger charge is 2.75. The van der Waals surface area contributed by atoms with Gasteiger partial charge in [-0.15, -0.1) is 0 Å². The van der Waals surface area contributed by atoms with Gasteiger partial charge in [0.2, 0.25) is 0 Å². The molecule has 5 rings (SSSR count). The van der Waals surface area contributed by atoms with Crippen LogP contribution in [0.4, 0.5) is 0 Å². The van der Waals surface area contributed by atoms with Gasteiger partial charge in [0.15, 0.2) is 11.6 Å². The Bertz CT molecular complexity index is 548. The Morgan fingerprint density at radius 1 is 0.792 bits per heavy atom. The lowest BCUT2D eigenvalue weighted by Crippen LogP contribution is -2.81. The van der Waals surface area contributed by atoms with E-state index in [0.717, 1.165) is 36.8 Å². The Morgan fingerprint density at radius 3 is 1.50 bits per heavy atom. The first kappa shape index (κ1) is 16.8. The number of aliphatic hydroxyl groups is 2. The van der Waals surface area contributed by atoms with Crippen LogP contribution in [-0.4, -0.2) is 33.0 Å². The normalized spacial score (nSPS) is 53.2. The highest BCUT2D eigenvalue weighted by atomic mass is 16.8. The van der Waals surface area contributed by atoms with Gasteiger partial charge in [-0.25, -0.2) is 0 Å². The summed E-state index contributed by atoms with van der Waals surface area (Å²) in [5.41, 5.74) is 0.600. The van der Waals surface area contributed by atoms with Crippen LogP contribution in [0.3, 0.4) is 0 Å². The fourth-order valence-electron chi connectivity index (χ4n) is 5.61. The number of hydrogen-bond donors (Lipinski definition) is 2. The molecule has 2 spiro atoms. The van der Waals surface area contributed by atoms with Crippen molar-refractivity contribution in [2.24, 2.45) is 11.8 Å². The maximum absolute atomic E-state index is 11.4. The van der Waals surface area contributed by atoms with Crippen molar-refractivity contribution in [1.29, 1.82) is 0 Å². The van der Waals surface area contributed by atoms with Crippen LogP contribution in [0, 0.1) is 11.8 Å². The predicted molar refractivity (Wildman–Crippen MR) is 91.1 cm³/mol. The molecule has 0 radical (unpaired) electrons. The second-order valence-electron chi connectivity index (χ2n) is 8.83. The summed E-state index contributed by atoms with van der Waals surface area (Å²) in [6.07, 6.45) is 5.81. The average molecular weight is 334 g/mol. The largest absolute Gasteiger partial charge is 0.363 e. The summed E-state index contributed by atoms with van der Waals surface area (Å²) in [7, 11) is 0. The summed E-state index contributed by atoms with van der Waals surface area (Å²) in [6, 6.07) is 0. The number of hydrogen-bond acceptors (Lipinski definition) is 4. The van der Waals surface area contributed by atoms with E-state index in [1.54, 1.807) is 0 Å². The number of rotatable bonds is 2. The van der Waals surface area contributed by atoms with Crippen molar-refractivity contribution in [1.82, 2.24) is 0 Å². The van der Waals surface area contributed by atoms with Crippen molar-refractivity contribution in [3.8, 4) is 0 Å².